The normalized spacial score (nSPS) is 15.9. The molecule has 0 saturated heterocycles. The Morgan fingerprint density at radius 2 is 1.92 bits per heavy atom. The number of halogens is 1. The third kappa shape index (κ3) is 9.80. The summed E-state index contributed by atoms with van der Waals surface area (Å²) in [6, 6.07) is 14.8. The predicted molar refractivity (Wildman–Crippen MR) is 153 cm³/mol. The molecule has 1 amide bonds. The summed E-state index contributed by atoms with van der Waals surface area (Å²) < 4.78 is 25.6. The van der Waals surface area contributed by atoms with Crippen molar-refractivity contribution in [2.75, 3.05) is 29.1 Å². The van der Waals surface area contributed by atoms with Crippen LogP contribution in [0, 0.1) is 0 Å². The van der Waals surface area contributed by atoms with E-state index in [4.69, 9.17) is 9.47 Å². The van der Waals surface area contributed by atoms with Crippen LogP contribution < -0.4 is 26.0 Å². The molecule has 9 heteroatoms. The van der Waals surface area contributed by atoms with Gasteiger partial charge in [-0.15, -0.1) is 6.58 Å². The minimum atomic E-state index is -0.543. The molecule has 0 bridgehead atoms. The highest BCUT2D eigenvalue weighted by atomic mass is 19.1. The van der Waals surface area contributed by atoms with Gasteiger partial charge in [-0.2, -0.15) is 0 Å². The third-order valence-corrected chi connectivity index (χ3v) is 5.41. The number of hydrogen-bond acceptors (Lipinski definition) is 7. The van der Waals surface area contributed by atoms with E-state index in [1.165, 1.54) is 6.20 Å². The number of benzene rings is 2. The molecule has 1 aliphatic heterocycles. The monoisotopic (exact) mass is 523 g/mol. The molecule has 204 valence electrons. The predicted octanol–water partition coefficient (Wildman–Crippen LogP) is 6.47. The van der Waals surface area contributed by atoms with Gasteiger partial charge in [0, 0.05) is 42.1 Å². The molecule has 2 unspecified atom stereocenters. The maximum atomic E-state index is 14.6. The smallest absolute Gasteiger partial charge is 0.407 e. The fourth-order valence-electron chi connectivity index (χ4n) is 3.60. The number of amidine groups is 1. The van der Waals surface area contributed by atoms with Crippen LogP contribution >= 0.6 is 0 Å². The van der Waals surface area contributed by atoms with Gasteiger partial charge in [0.15, 0.2) is 0 Å². The van der Waals surface area contributed by atoms with E-state index < -0.39 is 17.7 Å². The number of carbonyl (C=O) groups excluding carboxylic acids is 1. The molecule has 2 aromatic rings. The molecular formula is C29H38FN5O3. The SMILES string of the molecule is C=CC(C)Nc1cccc(NC2CC(Nc3cccc(OCCCNC(=O)OC(C)(C)C)c3)=NC=C2F)c1. The van der Waals surface area contributed by atoms with E-state index in [0.717, 1.165) is 17.1 Å². The Morgan fingerprint density at radius 1 is 1.18 bits per heavy atom. The first-order chi connectivity index (χ1) is 18.1. The van der Waals surface area contributed by atoms with Gasteiger partial charge in [0.25, 0.3) is 0 Å². The van der Waals surface area contributed by atoms with Crippen LogP contribution in [0.25, 0.3) is 0 Å². The van der Waals surface area contributed by atoms with Crippen LogP contribution in [0.3, 0.4) is 0 Å². The van der Waals surface area contributed by atoms with Crippen molar-refractivity contribution in [3.05, 3.63) is 73.2 Å². The number of aliphatic imine (C=N–C) groups is 1. The Bertz CT molecular complexity index is 1160. The summed E-state index contributed by atoms with van der Waals surface area (Å²) in [6.45, 7) is 12.1. The van der Waals surface area contributed by atoms with Gasteiger partial charge in [-0.1, -0.05) is 18.2 Å². The van der Waals surface area contributed by atoms with E-state index in [-0.39, 0.29) is 11.9 Å². The number of anilines is 3. The zero-order valence-corrected chi connectivity index (χ0v) is 22.5. The molecular weight excluding hydrogens is 485 g/mol. The molecule has 1 aliphatic rings. The number of nitrogens with zero attached hydrogens (tertiary/aromatic N) is 1. The van der Waals surface area contributed by atoms with Gasteiger partial charge in [0.1, 0.15) is 23.0 Å². The van der Waals surface area contributed by atoms with Crippen molar-refractivity contribution in [3.63, 3.8) is 0 Å². The molecule has 0 aliphatic carbocycles. The first-order valence-corrected chi connectivity index (χ1v) is 12.8. The fourth-order valence-corrected chi connectivity index (χ4v) is 3.60. The summed E-state index contributed by atoms with van der Waals surface area (Å²) in [5.41, 5.74) is 1.98. The lowest BCUT2D eigenvalue weighted by Crippen LogP contribution is -2.33. The maximum Gasteiger partial charge on any atom is 0.407 e. The lowest BCUT2D eigenvalue weighted by molar-refractivity contribution is 0.0525. The van der Waals surface area contributed by atoms with Gasteiger partial charge in [0.2, 0.25) is 0 Å². The van der Waals surface area contributed by atoms with Crippen LogP contribution in [0.2, 0.25) is 0 Å². The quantitative estimate of drug-likeness (QED) is 0.199. The summed E-state index contributed by atoms with van der Waals surface area (Å²) in [5.74, 6) is 0.987. The number of ether oxygens (including phenoxy) is 2. The molecule has 1 heterocycles. The van der Waals surface area contributed by atoms with Crippen LogP contribution in [-0.4, -0.2) is 42.8 Å². The van der Waals surface area contributed by atoms with Crippen LogP contribution in [0.5, 0.6) is 5.75 Å². The summed E-state index contributed by atoms with van der Waals surface area (Å²) in [7, 11) is 0. The van der Waals surface area contributed by atoms with Crippen molar-refractivity contribution >= 4 is 29.0 Å². The van der Waals surface area contributed by atoms with Crippen LogP contribution in [0.1, 0.15) is 40.5 Å². The van der Waals surface area contributed by atoms with Gasteiger partial charge in [-0.05, 0) is 64.4 Å². The zero-order chi connectivity index (χ0) is 27.5. The first-order valence-electron chi connectivity index (χ1n) is 12.8. The minimum Gasteiger partial charge on any atom is -0.493 e. The number of carbonyl (C=O) groups is 1. The van der Waals surface area contributed by atoms with Crippen molar-refractivity contribution in [1.29, 1.82) is 0 Å². The fraction of sp³-hybridized carbons (Fsp3) is 0.379. The van der Waals surface area contributed by atoms with Crippen LogP contribution in [-0.2, 0) is 4.74 Å². The Hall–Kier alpha value is -4.01. The average Bonchev–Trinajstić information content (AvgIpc) is 2.85. The summed E-state index contributed by atoms with van der Waals surface area (Å²) in [4.78, 5) is 15.9. The van der Waals surface area contributed by atoms with Crippen LogP contribution in [0.15, 0.2) is 78.2 Å². The number of nitrogens with one attached hydrogen (secondary N) is 4. The summed E-state index contributed by atoms with van der Waals surface area (Å²) >= 11 is 0. The second-order valence-corrected chi connectivity index (χ2v) is 10.0. The average molecular weight is 524 g/mol. The van der Waals surface area contributed by atoms with Crippen molar-refractivity contribution in [2.24, 2.45) is 4.99 Å². The van der Waals surface area contributed by atoms with Crippen molar-refractivity contribution < 1.29 is 18.7 Å². The van der Waals surface area contributed by atoms with Gasteiger partial charge in [0.05, 0.1) is 18.8 Å². The van der Waals surface area contributed by atoms with E-state index in [1.807, 2.05) is 82.3 Å². The molecule has 4 N–H and O–H groups in total. The Kier molecular flexibility index (Phi) is 10.2. The molecule has 2 atom stereocenters. The number of alkyl carbamates (subject to hydrolysis) is 1. The highest BCUT2D eigenvalue weighted by Crippen LogP contribution is 2.24. The minimum absolute atomic E-state index is 0.119. The molecule has 0 spiro atoms. The zero-order valence-electron chi connectivity index (χ0n) is 22.5. The van der Waals surface area contributed by atoms with E-state index in [1.54, 1.807) is 0 Å². The highest BCUT2D eigenvalue weighted by Gasteiger charge is 2.21. The van der Waals surface area contributed by atoms with Gasteiger partial charge >= 0.3 is 6.09 Å². The topological polar surface area (TPSA) is 96.0 Å². The molecule has 0 aromatic heterocycles. The molecule has 2 aromatic carbocycles. The standard InChI is InChI=1S/C29H38FN5O3/c1-6-20(2)33-21-10-7-11-22(16-21)34-26-18-27(32-19-25(26)30)35-23-12-8-13-24(17-23)37-15-9-14-31-28(36)38-29(3,4)5/h6-8,10-13,16-17,19-20,26,33-34H,1,9,14-15,18H2,2-5H3,(H,31,36)(H,32,35). The Labute approximate surface area is 224 Å². The van der Waals surface area contributed by atoms with Gasteiger partial charge in [-0.25, -0.2) is 14.2 Å². The van der Waals surface area contributed by atoms with Gasteiger partial charge in [-0.3, -0.25) is 0 Å². The van der Waals surface area contributed by atoms with E-state index in [9.17, 15) is 9.18 Å². The Morgan fingerprint density at radius 3 is 2.68 bits per heavy atom. The van der Waals surface area contributed by atoms with E-state index in [2.05, 4.69) is 32.8 Å². The highest BCUT2D eigenvalue weighted by molar-refractivity contribution is 5.97. The second kappa shape index (κ2) is 13.5. The first kappa shape index (κ1) is 28.6. The van der Waals surface area contributed by atoms with E-state index in [0.29, 0.717) is 37.6 Å². The van der Waals surface area contributed by atoms with Gasteiger partial charge < -0.3 is 30.7 Å². The van der Waals surface area contributed by atoms with Crippen molar-refractivity contribution in [1.82, 2.24) is 5.32 Å². The second-order valence-electron chi connectivity index (χ2n) is 10.0. The largest absolute Gasteiger partial charge is 0.493 e. The van der Waals surface area contributed by atoms with Crippen molar-refractivity contribution in [3.8, 4) is 5.75 Å². The lowest BCUT2D eigenvalue weighted by Gasteiger charge is -2.23. The lowest BCUT2D eigenvalue weighted by atomic mass is 10.1. The summed E-state index contributed by atoms with van der Waals surface area (Å²) in [5, 5.41) is 12.6. The Balaban J connectivity index is 1.49. The van der Waals surface area contributed by atoms with E-state index >= 15 is 0 Å². The number of amides is 1. The molecule has 0 radical (unpaired) electrons. The number of hydrogen-bond donors (Lipinski definition) is 4. The third-order valence-electron chi connectivity index (χ3n) is 5.41. The molecule has 0 saturated carbocycles. The molecule has 38 heavy (non-hydrogen) atoms. The maximum absolute atomic E-state index is 14.6. The summed E-state index contributed by atoms with van der Waals surface area (Å²) in [6.07, 6.45) is 3.60. The molecule has 0 fully saturated rings. The van der Waals surface area contributed by atoms with Crippen LogP contribution in [0.4, 0.5) is 26.2 Å². The number of rotatable bonds is 11. The molecule has 3 rings (SSSR count). The molecule has 8 nitrogen and oxygen atoms in total. The van der Waals surface area contributed by atoms with Crippen molar-refractivity contribution in [2.45, 2.75) is 58.2 Å².